The second-order valence-electron chi connectivity index (χ2n) is 5.37. The number of rotatable bonds is 3. The fourth-order valence-electron chi connectivity index (χ4n) is 2.98. The smallest absolute Gasteiger partial charge is 0.308 e. The van der Waals surface area contributed by atoms with Crippen molar-refractivity contribution in [1.29, 1.82) is 0 Å². The van der Waals surface area contributed by atoms with Crippen LogP contribution in [-0.2, 0) is 4.79 Å². The number of hydrogen-bond acceptors (Lipinski definition) is 3. The summed E-state index contributed by atoms with van der Waals surface area (Å²) in [6, 6.07) is 0.196. The lowest BCUT2D eigenvalue weighted by atomic mass is 9.74. The molecule has 2 N–H and O–H groups in total. The van der Waals surface area contributed by atoms with Gasteiger partial charge in [0.1, 0.15) is 0 Å². The van der Waals surface area contributed by atoms with E-state index in [4.69, 9.17) is 5.11 Å². The molecule has 0 radical (unpaired) electrons. The minimum absolute atomic E-state index is 0.186. The normalized spacial score (nSPS) is 39.3. The first-order valence-corrected chi connectivity index (χ1v) is 5.79. The van der Waals surface area contributed by atoms with E-state index in [2.05, 4.69) is 4.90 Å². The van der Waals surface area contributed by atoms with Gasteiger partial charge in [-0.1, -0.05) is 0 Å². The third kappa shape index (κ3) is 1.39. The molecule has 1 aliphatic heterocycles. The number of carboxylic acid groups (broad SMARTS) is 1. The van der Waals surface area contributed by atoms with Crippen molar-refractivity contribution in [3.8, 4) is 0 Å². The molecule has 1 saturated heterocycles. The van der Waals surface area contributed by atoms with Crippen molar-refractivity contribution in [3.05, 3.63) is 0 Å². The third-order valence-corrected chi connectivity index (χ3v) is 4.32. The molecular weight excluding hydrogens is 194 g/mol. The Balaban J connectivity index is 1.56. The number of β-amino-alcohol motifs (C(OH)–C–C–N with tert-alkyl or cyclic N) is 1. The van der Waals surface area contributed by atoms with E-state index in [1.54, 1.807) is 0 Å². The maximum Gasteiger partial charge on any atom is 0.308 e. The average molecular weight is 211 g/mol. The zero-order valence-electron chi connectivity index (χ0n) is 8.72. The lowest BCUT2D eigenvalue weighted by Gasteiger charge is -2.54. The van der Waals surface area contributed by atoms with Crippen molar-refractivity contribution in [2.24, 2.45) is 11.8 Å². The number of hydrogen-bond donors (Lipinski definition) is 2. The number of carbonyl (C=O) groups is 1. The predicted octanol–water partition coefficient (Wildman–Crippen LogP) is 0.306. The molecular formula is C11H17NO3. The number of aliphatic carboxylic acids is 1. The Bertz CT molecular complexity index is 294. The Morgan fingerprint density at radius 1 is 1.20 bits per heavy atom. The summed E-state index contributed by atoms with van der Waals surface area (Å²) in [5.74, 6) is -0.362. The summed E-state index contributed by atoms with van der Waals surface area (Å²) in [7, 11) is 0. The van der Waals surface area contributed by atoms with E-state index >= 15 is 0 Å². The van der Waals surface area contributed by atoms with Gasteiger partial charge >= 0.3 is 5.97 Å². The van der Waals surface area contributed by atoms with Gasteiger partial charge < -0.3 is 10.2 Å². The average Bonchev–Trinajstić information content (AvgIpc) is 2.78. The van der Waals surface area contributed by atoms with E-state index in [1.165, 1.54) is 0 Å². The van der Waals surface area contributed by atoms with Crippen LogP contribution in [0.2, 0.25) is 0 Å². The van der Waals surface area contributed by atoms with Crippen LogP contribution in [0.3, 0.4) is 0 Å². The summed E-state index contributed by atoms with van der Waals surface area (Å²) in [6.45, 7) is 1.40. The Labute approximate surface area is 88.9 Å². The summed E-state index contributed by atoms with van der Waals surface area (Å²) in [5.41, 5.74) is -0.474. The molecule has 84 valence electrons. The molecule has 0 aromatic rings. The quantitative estimate of drug-likeness (QED) is 0.705. The molecule has 0 aromatic heterocycles. The van der Waals surface area contributed by atoms with Gasteiger partial charge in [-0.05, 0) is 31.6 Å². The van der Waals surface area contributed by atoms with Crippen LogP contribution >= 0.6 is 0 Å². The van der Waals surface area contributed by atoms with Gasteiger partial charge in [0.25, 0.3) is 0 Å². The van der Waals surface area contributed by atoms with Gasteiger partial charge in [-0.15, -0.1) is 0 Å². The fourth-order valence-corrected chi connectivity index (χ4v) is 2.98. The zero-order valence-corrected chi connectivity index (χ0v) is 8.72. The van der Waals surface area contributed by atoms with Gasteiger partial charge in [0.2, 0.25) is 0 Å². The fraction of sp³-hybridized carbons (Fsp3) is 0.909. The first-order valence-electron chi connectivity index (χ1n) is 5.79. The molecule has 15 heavy (non-hydrogen) atoms. The van der Waals surface area contributed by atoms with E-state index < -0.39 is 11.6 Å². The van der Waals surface area contributed by atoms with Gasteiger partial charge in [0.15, 0.2) is 0 Å². The molecule has 2 aliphatic carbocycles. The molecule has 3 rings (SSSR count). The highest BCUT2D eigenvalue weighted by molar-refractivity contribution is 5.72. The SMILES string of the molecule is O=C(O)C1CCC1N1CC(O)(C2CC2)C1. The van der Waals surface area contributed by atoms with Crippen molar-refractivity contribution in [2.75, 3.05) is 13.1 Å². The first kappa shape index (κ1) is 9.60. The van der Waals surface area contributed by atoms with E-state index in [1.807, 2.05) is 0 Å². The van der Waals surface area contributed by atoms with Crippen LogP contribution in [0, 0.1) is 11.8 Å². The van der Waals surface area contributed by atoms with Crippen LogP contribution in [0.5, 0.6) is 0 Å². The largest absolute Gasteiger partial charge is 0.481 e. The van der Waals surface area contributed by atoms with Crippen LogP contribution in [0.4, 0.5) is 0 Å². The van der Waals surface area contributed by atoms with Crippen molar-refractivity contribution >= 4 is 5.97 Å². The molecule has 2 unspecified atom stereocenters. The maximum absolute atomic E-state index is 10.9. The molecule has 2 atom stereocenters. The lowest BCUT2D eigenvalue weighted by Crippen LogP contribution is -2.69. The number of nitrogens with zero attached hydrogens (tertiary/aromatic N) is 1. The Morgan fingerprint density at radius 3 is 2.27 bits per heavy atom. The molecule has 2 saturated carbocycles. The summed E-state index contributed by atoms with van der Waals surface area (Å²) >= 11 is 0. The molecule has 4 heteroatoms. The van der Waals surface area contributed by atoms with Crippen molar-refractivity contribution in [1.82, 2.24) is 4.90 Å². The Hall–Kier alpha value is -0.610. The summed E-state index contributed by atoms with van der Waals surface area (Å²) in [4.78, 5) is 13.0. The third-order valence-electron chi connectivity index (χ3n) is 4.32. The van der Waals surface area contributed by atoms with Crippen LogP contribution in [0.15, 0.2) is 0 Å². The number of likely N-dealkylation sites (tertiary alicyclic amines) is 1. The molecule has 0 spiro atoms. The molecule has 4 nitrogen and oxygen atoms in total. The second-order valence-corrected chi connectivity index (χ2v) is 5.37. The highest BCUT2D eigenvalue weighted by atomic mass is 16.4. The predicted molar refractivity (Wildman–Crippen MR) is 53.4 cm³/mol. The van der Waals surface area contributed by atoms with Crippen molar-refractivity contribution in [3.63, 3.8) is 0 Å². The molecule has 0 bridgehead atoms. The van der Waals surface area contributed by atoms with E-state index in [0.29, 0.717) is 19.0 Å². The molecule has 0 aromatic carbocycles. The molecule has 0 amide bonds. The Kier molecular flexibility index (Phi) is 1.89. The van der Waals surface area contributed by atoms with Crippen LogP contribution in [0.25, 0.3) is 0 Å². The van der Waals surface area contributed by atoms with Gasteiger partial charge in [0, 0.05) is 19.1 Å². The Morgan fingerprint density at radius 2 is 1.87 bits per heavy atom. The molecule has 3 aliphatic rings. The number of aliphatic hydroxyl groups is 1. The van der Waals surface area contributed by atoms with E-state index in [-0.39, 0.29) is 12.0 Å². The number of carboxylic acids is 1. The van der Waals surface area contributed by atoms with Gasteiger partial charge in [-0.3, -0.25) is 9.69 Å². The topological polar surface area (TPSA) is 60.8 Å². The van der Waals surface area contributed by atoms with Gasteiger partial charge in [-0.2, -0.15) is 0 Å². The zero-order chi connectivity index (χ0) is 10.6. The minimum Gasteiger partial charge on any atom is -0.481 e. The highest BCUT2D eigenvalue weighted by Gasteiger charge is 2.56. The summed E-state index contributed by atoms with van der Waals surface area (Å²) < 4.78 is 0. The highest BCUT2D eigenvalue weighted by Crippen LogP contribution is 2.47. The van der Waals surface area contributed by atoms with Crippen molar-refractivity contribution in [2.45, 2.75) is 37.3 Å². The molecule has 1 heterocycles. The summed E-state index contributed by atoms with van der Waals surface area (Å²) in [6.07, 6.45) is 4.09. The van der Waals surface area contributed by atoms with E-state index in [9.17, 15) is 9.90 Å². The minimum atomic E-state index is -0.673. The van der Waals surface area contributed by atoms with Gasteiger partial charge in [0.05, 0.1) is 11.5 Å². The van der Waals surface area contributed by atoms with Gasteiger partial charge in [-0.25, -0.2) is 0 Å². The monoisotopic (exact) mass is 211 g/mol. The standard InChI is InChI=1S/C11H17NO3/c13-10(14)8-3-4-9(8)12-5-11(15,6-12)7-1-2-7/h7-9,15H,1-6H2,(H,13,14). The summed E-state index contributed by atoms with van der Waals surface area (Å²) in [5, 5.41) is 19.1. The molecule has 3 fully saturated rings. The first-order chi connectivity index (χ1) is 7.10. The van der Waals surface area contributed by atoms with Crippen LogP contribution in [0.1, 0.15) is 25.7 Å². The van der Waals surface area contributed by atoms with Crippen LogP contribution in [-0.4, -0.2) is 45.8 Å². The van der Waals surface area contributed by atoms with Crippen LogP contribution < -0.4 is 0 Å². The lowest BCUT2D eigenvalue weighted by molar-refractivity contribution is -0.170. The van der Waals surface area contributed by atoms with Crippen molar-refractivity contribution < 1.29 is 15.0 Å². The second kappa shape index (κ2) is 2.95. The van der Waals surface area contributed by atoms with E-state index in [0.717, 1.165) is 25.7 Å². The maximum atomic E-state index is 10.9.